The zero-order valence-electron chi connectivity index (χ0n) is 12.1. The van der Waals surface area contributed by atoms with Crippen molar-refractivity contribution in [3.63, 3.8) is 0 Å². The molecule has 5 nitrogen and oxygen atoms in total. The van der Waals surface area contributed by atoms with E-state index in [9.17, 15) is 5.11 Å². The molecule has 0 aliphatic heterocycles. The standard InChI is InChI=1S/C15H22N4O/c1-3-4-7-15(2,10-20)19-12-9-13(16)18-11-6-5-8-17-14(11)12/h5-6,8-9,20H,3-4,7,10H2,1-2H3,(H3,16,18,19). The lowest BCUT2D eigenvalue weighted by Crippen LogP contribution is -2.38. The molecular formula is C15H22N4O. The predicted molar refractivity (Wildman–Crippen MR) is 82.6 cm³/mol. The molecule has 1 atom stereocenters. The summed E-state index contributed by atoms with van der Waals surface area (Å²) in [6, 6.07) is 5.49. The van der Waals surface area contributed by atoms with Gasteiger partial charge < -0.3 is 16.2 Å². The second-order valence-corrected chi connectivity index (χ2v) is 5.41. The number of aromatic nitrogens is 2. The molecule has 0 aliphatic carbocycles. The van der Waals surface area contributed by atoms with Crippen LogP contribution in [-0.4, -0.2) is 27.2 Å². The number of hydrogen-bond donors (Lipinski definition) is 3. The van der Waals surface area contributed by atoms with Crippen molar-refractivity contribution in [2.75, 3.05) is 17.7 Å². The van der Waals surface area contributed by atoms with Crippen LogP contribution in [0.25, 0.3) is 11.0 Å². The monoisotopic (exact) mass is 274 g/mol. The molecule has 0 aliphatic rings. The Kier molecular flexibility index (Phi) is 4.39. The Balaban J connectivity index is 2.36. The maximum Gasteiger partial charge on any atom is 0.126 e. The number of nitrogens with one attached hydrogen (secondary N) is 1. The first-order valence-electron chi connectivity index (χ1n) is 6.98. The number of unbranched alkanes of at least 4 members (excludes halogenated alkanes) is 1. The SMILES string of the molecule is CCCCC(C)(CO)Nc1cc(N)nc2cccnc12. The molecule has 0 spiro atoms. The number of nitrogens with two attached hydrogens (primary N) is 1. The van der Waals surface area contributed by atoms with Crippen molar-refractivity contribution in [1.29, 1.82) is 0 Å². The number of hydrogen-bond acceptors (Lipinski definition) is 5. The predicted octanol–water partition coefficient (Wildman–Crippen LogP) is 2.57. The Morgan fingerprint density at radius 1 is 1.45 bits per heavy atom. The molecule has 5 heteroatoms. The van der Waals surface area contributed by atoms with Crippen molar-refractivity contribution in [2.45, 2.75) is 38.6 Å². The minimum atomic E-state index is -0.381. The molecule has 0 saturated carbocycles. The number of rotatable bonds is 6. The van der Waals surface area contributed by atoms with E-state index in [0.29, 0.717) is 5.82 Å². The number of fused-ring (bicyclic) bond motifs is 1. The van der Waals surface area contributed by atoms with Crippen LogP contribution in [0.15, 0.2) is 24.4 Å². The lowest BCUT2D eigenvalue weighted by Gasteiger charge is -2.30. The first-order valence-corrected chi connectivity index (χ1v) is 6.98. The fourth-order valence-electron chi connectivity index (χ4n) is 2.25. The van der Waals surface area contributed by atoms with Crippen molar-refractivity contribution in [3.8, 4) is 0 Å². The van der Waals surface area contributed by atoms with Gasteiger partial charge in [-0.05, 0) is 25.5 Å². The van der Waals surface area contributed by atoms with Crippen LogP contribution < -0.4 is 11.1 Å². The average molecular weight is 274 g/mol. The molecule has 20 heavy (non-hydrogen) atoms. The highest BCUT2D eigenvalue weighted by Crippen LogP contribution is 2.27. The molecule has 2 aromatic rings. The number of pyridine rings is 2. The van der Waals surface area contributed by atoms with Gasteiger partial charge in [0.15, 0.2) is 0 Å². The molecular weight excluding hydrogens is 252 g/mol. The highest BCUT2D eigenvalue weighted by atomic mass is 16.3. The van der Waals surface area contributed by atoms with Gasteiger partial charge >= 0.3 is 0 Å². The first-order chi connectivity index (χ1) is 9.58. The van der Waals surface area contributed by atoms with Crippen LogP contribution in [0.4, 0.5) is 11.5 Å². The molecule has 2 aromatic heterocycles. The van der Waals surface area contributed by atoms with Gasteiger partial charge in [0.25, 0.3) is 0 Å². The Bertz CT molecular complexity index is 587. The average Bonchev–Trinajstić information content (AvgIpc) is 2.45. The van der Waals surface area contributed by atoms with Crippen LogP contribution in [-0.2, 0) is 0 Å². The Morgan fingerprint density at radius 3 is 2.95 bits per heavy atom. The number of nitrogens with zero attached hydrogens (tertiary/aromatic N) is 2. The van der Waals surface area contributed by atoms with Gasteiger partial charge in [-0.1, -0.05) is 19.8 Å². The summed E-state index contributed by atoms with van der Waals surface area (Å²) in [6.07, 6.45) is 4.76. The third-order valence-corrected chi connectivity index (χ3v) is 3.45. The smallest absolute Gasteiger partial charge is 0.126 e. The molecule has 0 radical (unpaired) electrons. The molecule has 0 bridgehead atoms. The van der Waals surface area contributed by atoms with Gasteiger partial charge in [0, 0.05) is 12.3 Å². The quantitative estimate of drug-likeness (QED) is 0.754. The molecule has 2 heterocycles. The Hall–Kier alpha value is -1.88. The summed E-state index contributed by atoms with van der Waals surface area (Å²) >= 11 is 0. The van der Waals surface area contributed by atoms with Gasteiger partial charge in [0.05, 0.1) is 23.3 Å². The van der Waals surface area contributed by atoms with Crippen LogP contribution in [0.1, 0.15) is 33.1 Å². The molecule has 108 valence electrons. The molecule has 0 fully saturated rings. The minimum Gasteiger partial charge on any atom is -0.394 e. The largest absolute Gasteiger partial charge is 0.394 e. The highest BCUT2D eigenvalue weighted by Gasteiger charge is 2.23. The first kappa shape index (κ1) is 14.5. The summed E-state index contributed by atoms with van der Waals surface area (Å²) in [4.78, 5) is 8.63. The lowest BCUT2D eigenvalue weighted by atomic mass is 9.95. The lowest BCUT2D eigenvalue weighted by molar-refractivity contribution is 0.212. The van der Waals surface area contributed by atoms with E-state index in [0.717, 1.165) is 36.0 Å². The normalized spacial score (nSPS) is 14.2. The summed E-state index contributed by atoms with van der Waals surface area (Å²) in [7, 11) is 0. The summed E-state index contributed by atoms with van der Waals surface area (Å²) in [5.41, 5.74) is 7.81. The van der Waals surface area contributed by atoms with E-state index in [2.05, 4.69) is 22.2 Å². The molecule has 0 aromatic carbocycles. The van der Waals surface area contributed by atoms with Crippen LogP contribution >= 0.6 is 0 Å². The number of aliphatic hydroxyl groups excluding tert-OH is 1. The van der Waals surface area contributed by atoms with E-state index in [1.54, 1.807) is 12.3 Å². The van der Waals surface area contributed by atoms with Gasteiger partial charge in [0.1, 0.15) is 11.3 Å². The van der Waals surface area contributed by atoms with Crippen LogP contribution in [0, 0.1) is 0 Å². The minimum absolute atomic E-state index is 0.0591. The van der Waals surface area contributed by atoms with Gasteiger partial charge in [-0.2, -0.15) is 0 Å². The maximum absolute atomic E-state index is 9.68. The zero-order chi connectivity index (χ0) is 14.6. The molecule has 0 saturated heterocycles. The summed E-state index contributed by atoms with van der Waals surface area (Å²) in [5, 5.41) is 13.1. The van der Waals surface area contributed by atoms with Gasteiger partial charge in [-0.25, -0.2) is 4.98 Å². The van der Waals surface area contributed by atoms with E-state index in [4.69, 9.17) is 5.73 Å². The highest BCUT2D eigenvalue weighted by molar-refractivity contribution is 5.89. The van der Waals surface area contributed by atoms with E-state index >= 15 is 0 Å². The molecule has 0 amide bonds. The van der Waals surface area contributed by atoms with Gasteiger partial charge in [-0.3, -0.25) is 4.98 Å². The van der Waals surface area contributed by atoms with Crippen molar-refractivity contribution in [2.24, 2.45) is 0 Å². The summed E-state index contributed by atoms with van der Waals surface area (Å²) in [5.74, 6) is 0.448. The maximum atomic E-state index is 9.68. The topological polar surface area (TPSA) is 84.1 Å². The van der Waals surface area contributed by atoms with Crippen molar-refractivity contribution >= 4 is 22.5 Å². The van der Waals surface area contributed by atoms with E-state index in [1.807, 2.05) is 19.1 Å². The summed E-state index contributed by atoms with van der Waals surface area (Å²) in [6.45, 7) is 4.21. The van der Waals surface area contributed by atoms with E-state index < -0.39 is 0 Å². The third-order valence-electron chi connectivity index (χ3n) is 3.45. The Labute approximate surface area is 119 Å². The van der Waals surface area contributed by atoms with E-state index in [1.165, 1.54) is 0 Å². The Morgan fingerprint density at radius 2 is 2.25 bits per heavy atom. The molecule has 2 rings (SSSR count). The fourth-order valence-corrected chi connectivity index (χ4v) is 2.25. The van der Waals surface area contributed by atoms with Crippen LogP contribution in [0.2, 0.25) is 0 Å². The van der Waals surface area contributed by atoms with E-state index in [-0.39, 0.29) is 12.1 Å². The second-order valence-electron chi connectivity index (χ2n) is 5.41. The fraction of sp³-hybridized carbons (Fsp3) is 0.467. The van der Waals surface area contributed by atoms with Gasteiger partial charge in [-0.15, -0.1) is 0 Å². The molecule has 1 unspecified atom stereocenters. The third kappa shape index (κ3) is 3.17. The van der Waals surface area contributed by atoms with Crippen LogP contribution in [0.5, 0.6) is 0 Å². The van der Waals surface area contributed by atoms with Crippen molar-refractivity contribution in [1.82, 2.24) is 9.97 Å². The van der Waals surface area contributed by atoms with Crippen molar-refractivity contribution in [3.05, 3.63) is 24.4 Å². The second kappa shape index (κ2) is 6.05. The van der Waals surface area contributed by atoms with Crippen molar-refractivity contribution < 1.29 is 5.11 Å². The van der Waals surface area contributed by atoms with Gasteiger partial charge in [0.2, 0.25) is 0 Å². The van der Waals surface area contributed by atoms with Crippen LogP contribution in [0.3, 0.4) is 0 Å². The molecule has 4 N–H and O–H groups in total. The number of nitrogen functional groups attached to an aromatic ring is 1. The zero-order valence-corrected chi connectivity index (χ0v) is 12.1. The number of anilines is 2. The number of aliphatic hydroxyl groups is 1. The summed E-state index contributed by atoms with van der Waals surface area (Å²) < 4.78 is 0.